The number of ether oxygens (including phenoxy) is 2. The Morgan fingerprint density at radius 3 is 2.34 bits per heavy atom. The molecule has 2 aliphatic rings. The van der Waals surface area contributed by atoms with Crippen molar-refractivity contribution < 1.29 is 45.4 Å². The molecule has 0 spiro atoms. The number of amides is 1. The van der Waals surface area contributed by atoms with E-state index in [4.69, 9.17) is 9.47 Å². The van der Waals surface area contributed by atoms with Crippen molar-refractivity contribution in [2.24, 2.45) is 0 Å². The number of halogens is 3. The van der Waals surface area contributed by atoms with E-state index < -0.39 is 50.4 Å². The average Bonchev–Trinajstić information content (AvgIpc) is 2.54. The van der Waals surface area contributed by atoms with Gasteiger partial charge in [-0.2, -0.15) is 17.9 Å². The summed E-state index contributed by atoms with van der Waals surface area (Å²) in [6, 6.07) is -1.70. The summed E-state index contributed by atoms with van der Waals surface area (Å²) in [6.45, 7) is 5.54. The summed E-state index contributed by atoms with van der Waals surface area (Å²) in [5.41, 5.74) is -6.57. The van der Waals surface area contributed by atoms with Gasteiger partial charge in [0.15, 0.2) is 0 Å². The molecule has 0 radical (unpaired) electrons. The Bertz CT molecular complexity index is 862. The van der Waals surface area contributed by atoms with E-state index in [0.717, 1.165) is 23.6 Å². The molecule has 0 bridgehead atoms. The van der Waals surface area contributed by atoms with Gasteiger partial charge in [-0.1, -0.05) is 0 Å². The molecule has 2 aliphatic heterocycles. The lowest BCUT2D eigenvalue weighted by Crippen LogP contribution is -2.71. The number of fused-ring (bicyclic) bond motifs is 1. The summed E-state index contributed by atoms with van der Waals surface area (Å²) >= 11 is 0.929. The molecule has 9 nitrogen and oxygen atoms in total. The summed E-state index contributed by atoms with van der Waals surface area (Å²) < 4.78 is 72.0. The molecule has 0 aromatic heterocycles. The van der Waals surface area contributed by atoms with Crippen molar-refractivity contribution in [1.29, 1.82) is 0 Å². The Labute approximate surface area is 169 Å². The number of esters is 2. The van der Waals surface area contributed by atoms with Crippen LogP contribution in [0.5, 0.6) is 0 Å². The molecule has 1 saturated heterocycles. The molecule has 2 heterocycles. The highest BCUT2D eigenvalue weighted by atomic mass is 32.2. The van der Waals surface area contributed by atoms with Crippen LogP contribution >= 0.6 is 11.8 Å². The first-order valence-corrected chi connectivity index (χ1v) is 10.7. The average molecular weight is 460 g/mol. The predicted octanol–water partition coefficient (Wildman–Crippen LogP) is 0.868. The Balaban J connectivity index is 2.33. The number of rotatable bonds is 5. The second kappa shape index (κ2) is 7.80. The molecule has 14 heteroatoms. The molecule has 0 saturated carbocycles. The van der Waals surface area contributed by atoms with Crippen molar-refractivity contribution in [3.05, 3.63) is 11.3 Å². The van der Waals surface area contributed by atoms with Gasteiger partial charge in [0, 0.05) is 18.2 Å². The fourth-order valence-corrected chi connectivity index (χ4v) is 4.62. The third-order valence-electron chi connectivity index (χ3n) is 3.68. The van der Waals surface area contributed by atoms with Gasteiger partial charge in [-0.05, 0) is 20.8 Å². The maximum atomic E-state index is 12.6. The zero-order valence-electron chi connectivity index (χ0n) is 15.8. The van der Waals surface area contributed by atoms with Crippen molar-refractivity contribution in [3.8, 4) is 0 Å². The second-order valence-corrected chi connectivity index (χ2v) is 10.00. The lowest BCUT2D eigenvalue weighted by Gasteiger charge is -2.49. The van der Waals surface area contributed by atoms with E-state index in [2.05, 4.69) is 0 Å². The smallest absolute Gasteiger partial charge is 0.461 e. The standard InChI is InChI=1S/C15H19F3N2O7S2/c1-7(21)26-5-8-6-28-12-9(19-29(24,25)15(16,17)18)11(22)20(12)10(8)13(23)27-14(2,3)4/h9,12,19H,5-6H2,1-4H3/t9-,12-/m1/s1. The van der Waals surface area contributed by atoms with Gasteiger partial charge in [0.05, 0.1) is 0 Å². The highest BCUT2D eigenvalue weighted by molar-refractivity contribution is 8.00. The first kappa shape index (κ1) is 23.5. The van der Waals surface area contributed by atoms with Crippen molar-refractivity contribution in [3.63, 3.8) is 0 Å². The van der Waals surface area contributed by atoms with Gasteiger partial charge in [-0.25, -0.2) is 13.2 Å². The van der Waals surface area contributed by atoms with Gasteiger partial charge < -0.3 is 9.47 Å². The van der Waals surface area contributed by atoms with Crippen LogP contribution in [0.4, 0.5) is 13.2 Å². The fourth-order valence-electron chi connectivity index (χ4n) is 2.51. The molecule has 1 N–H and O–H groups in total. The van der Waals surface area contributed by atoms with Gasteiger partial charge >= 0.3 is 27.5 Å². The minimum atomic E-state index is -5.76. The highest BCUT2D eigenvalue weighted by Crippen LogP contribution is 2.42. The number of sulfonamides is 1. The molecule has 164 valence electrons. The topological polar surface area (TPSA) is 119 Å². The first-order chi connectivity index (χ1) is 13.0. The molecule has 2 atom stereocenters. The van der Waals surface area contributed by atoms with Crippen LogP contribution < -0.4 is 4.72 Å². The van der Waals surface area contributed by atoms with Crippen LogP contribution in [0.1, 0.15) is 27.7 Å². The molecule has 29 heavy (non-hydrogen) atoms. The van der Waals surface area contributed by atoms with Gasteiger partial charge in [0.25, 0.3) is 0 Å². The van der Waals surface area contributed by atoms with E-state index in [1.54, 1.807) is 20.8 Å². The molecule has 1 amide bonds. The number of carbonyl (C=O) groups is 3. The molecular weight excluding hydrogens is 441 g/mol. The van der Waals surface area contributed by atoms with Crippen molar-refractivity contribution in [1.82, 2.24) is 9.62 Å². The molecular formula is C15H19F3N2O7S2. The first-order valence-electron chi connectivity index (χ1n) is 8.17. The molecule has 1 fully saturated rings. The number of hydrogen-bond donors (Lipinski definition) is 1. The van der Waals surface area contributed by atoms with Gasteiger partial charge in [0.2, 0.25) is 5.91 Å². The third-order valence-corrected chi connectivity index (χ3v) is 6.19. The molecule has 2 rings (SSSR count). The quantitative estimate of drug-likeness (QED) is 0.474. The van der Waals surface area contributed by atoms with E-state index in [9.17, 15) is 36.0 Å². The minimum Gasteiger partial charge on any atom is -0.461 e. The van der Waals surface area contributed by atoms with Crippen LogP contribution in [-0.4, -0.2) is 66.0 Å². The molecule has 0 unspecified atom stereocenters. The Hall–Kier alpha value is -1.80. The molecule has 0 aromatic carbocycles. The largest absolute Gasteiger partial charge is 0.511 e. The Morgan fingerprint density at radius 1 is 1.28 bits per heavy atom. The highest BCUT2D eigenvalue weighted by Gasteiger charge is 2.58. The number of nitrogens with one attached hydrogen (secondary N) is 1. The van der Waals surface area contributed by atoms with Crippen LogP contribution in [0, 0.1) is 0 Å². The number of alkyl halides is 3. The summed E-state index contributed by atoms with van der Waals surface area (Å²) in [7, 11) is -5.76. The van der Waals surface area contributed by atoms with Crippen molar-refractivity contribution in [2.45, 2.75) is 50.2 Å². The van der Waals surface area contributed by atoms with E-state index in [0.29, 0.717) is 0 Å². The lowest BCUT2D eigenvalue weighted by atomic mass is 10.0. The predicted molar refractivity (Wildman–Crippen MR) is 94.5 cm³/mol. The van der Waals surface area contributed by atoms with Crippen molar-refractivity contribution in [2.75, 3.05) is 12.4 Å². The zero-order chi connectivity index (χ0) is 22.4. The summed E-state index contributed by atoms with van der Waals surface area (Å²) in [4.78, 5) is 37.0. The third kappa shape index (κ3) is 5.04. The van der Waals surface area contributed by atoms with Crippen LogP contribution in [-0.2, 0) is 33.9 Å². The van der Waals surface area contributed by atoms with E-state index in [-0.39, 0.29) is 23.6 Å². The fraction of sp³-hybridized carbons (Fsp3) is 0.667. The summed E-state index contributed by atoms with van der Waals surface area (Å²) in [6.07, 6.45) is 0. The summed E-state index contributed by atoms with van der Waals surface area (Å²) in [5.74, 6) is -2.61. The molecule has 0 aliphatic carbocycles. The van der Waals surface area contributed by atoms with Crippen LogP contribution in [0.2, 0.25) is 0 Å². The Kier molecular flexibility index (Phi) is 6.31. The maximum Gasteiger partial charge on any atom is 0.511 e. The Morgan fingerprint density at radius 2 is 1.86 bits per heavy atom. The number of hydrogen-bond acceptors (Lipinski definition) is 8. The van der Waals surface area contributed by atoms with E-state index >= 15 is 0 Å². The van der Waals surface area contributed by atoms with Crippen LogP contribution in [0.25, 0.3) is 0 Å². The van der Waals surface area contributed by atoms with Crippen LogP contribution in [0.3, 0.4) is 0 Å². The number of β-lactam (4-membered cyclic amide) rings is 1. The number of nitrogens with zero attached hydrogens (tertiary/aromatic N) is 1. The van der Waals surface area contributed by atoms with Gasteiger partial charge in [0.1, 0.15) is 29.3 Å². The van der Waals surface area contributed by atoms with Crippen LogP contribution in [0.15, 0.2) is 11.3 Å². The maximum absolute atomic E-state index is 12.6. The van der Waals surface area contributed by atoms with E-state index in [1.807, 2.05) is 0 Å². The van der Waals surface area contributed by atoms with E-state index in [1.165, 1.54) is 4.72 Å². The van der Waals surface area contributed by atoms with Gasteiger partial charge in [-0.3, -0.25) is 14.5 Å². The van der Waals surface area contributed by atoms with Gasteiger partial charge in [-0.15, -0.1) is 11.8 Å². The number of thioether (sulfide) groups is 1. The monoisotopic (exact) mass is 460 g/mol. The summed E-state index contributed by atoms with van der Waals surface area (Å²) in [5, 5.41) is -1.08. The second-order valence-electron chi connectivity index (χ2n) is 7.19. The zero-order valence-corrected chi connectivity index (χ0v) is 17.5. The number of carbonyl (C=O) groups excluding carboxylic acids is 3. The normalized spacial score (nSPS) is 22.7. The lowest BCUT2D eigenvalue weighted by molar-refractivity contribution is -0.158. The minimum absolute atomic E-state index is 0.0144. The van der Waals surface area contributed by atoms with Crippen molar-refractivity contribution >= 4 is 39.6 Å². The molecule has 0 aromatic rings. The SMILES string of the molecule is CC(=O)OCC1=C(C(=O)OC(C)(C)C)N2C(=O)[C@@H](NS(=O)(=O)C(F)(F)F)[C@H]2SC1.